The minimum absolute atomic E-state index is 0.546. The molecule has 2 aromatic heterocycles. The third-order valence-corrected chi connectivity index (χ3v) is 3.67. The van der Waals surface area contributed by atoms with Crippen molar-refractivity contribution in [3.05, 3.63) is 71.2 Å². The van der Waals surface area contributed by atoms with Crippen molar-refractivity contribution in [3.8, 4) is 0 Å². The molecular formula is C18H11ClN2O. The normalized spacial score (nSPS) is 11.7. The minimum Gasteiger partial charge on any atom is -0.437 e. The maximum Gasteiger partial charge on any atom is 0.220 e. The standard InChI is InChI=1S/C18H11ClN2O/c19-14-7-8-16-15(11-14)21-17(22-16)9-6-13-4-1-3-12-5-2-10-20-18(12)13/h1-11H/b9-6+. The summed E-state index contributed by atoms with van der Waals surface area (Å²) >= 11 is 5.96. The molecule has 2 heterocycles. The maximum absolute atomic E-state index is 5.96. The van der Waals surface area contributed by atoms with Crippen molar-refractivity contribution in [2.24, 2.45) is 0 Å². The van der Waals surface area contributed by atoms with E-state index in [-0.39, 0.29) is 0 Å². The molecule has 106 valence electrons. The van der Waals surface area contributed by atoms with Gasteiger partial charge in [0.25, 0.3) is 0 Å². The molecule has 0 aliphatic carbocycles. The maximum atomic E-state index is 5.96. The number of hydrogen-bond donors (Lipinski definition) is 0. The third-order valence-electron chi connectivity index (χ3n) is 3.44. The van der Waals surface area contributed by atoms with E-state index in [9.17, 15) is 0 Å². The van der Waals surface area contributed by atoms with E-state index in [0.717, 1.165) is 27.6 Å². The summed E-state index contributed by atoms with van der Waals surface area (Å²) in [6.45, 7) is 0. The second kappa shape index (κ2) is 5.28. The van der Waals surface area contributed by atoms with Gasteiger partial charge in [0.05, 0.1) is 5.52 Å². The lowest BCUT2D eigenvalue weighted by Gasteiger charge is -1.99. The van der Waals surface area contributed by atoms with E-state index in [0.29, 0.717) is 10.9 Å². The summed E-state index contributed by atoms with van der Waals surface area (Å²) in [5, 5.41) is 1.75. The quantitative estimate of drug-likeness (QED) is 0.511. The zero-order valence-corrected chi connectivity index (χ0v) is 12.3. The molecule has 4 heteroatoms. The van der Waals surface area contributed by atoms with Crippen LogP contribution >= 0.6 is 11.6 Å². The van der Waals surface area contributed by atoms with Crippen LogP contribution in [-0.4, -0.2) is 9.97 Å². The highest BCUT2D eigenvalue weighted by Gasteiger charge is 2.04. The van der Waals surface area contributed by atoms with Crippen molar-refractivity contribution < 1.29 is 4.42 Å². The molecule has 0 aliphatic heterocycles. The minimum atomic E-state index is 0.546. The van der Waals surface area contributed by atoms with E-state index in [2.05, 4.69) is 9.97 Å². The van der Waals surface area contributed by atoms with Gasteiger partial charge in [-0.15, -0.1) is 0 Å². The molecular weight excluding hydrogens is 296 g/mol. The number of oxazole rings is 1. The zero-order valence-electron chi connectivity index (χ0n) is 11.5. The van der Waals surface area contributed by atoms with Crippen molar-refractivity contribution in [2.45, 2.75) is 0 Å². The van der Waals surface area contributed by atoms with Crippen molar-refractivity contribution >= 4 is 45.8 Å². The Morgan fingerprint density at radius 1 is 1.00 bits per heavy atom. The molecule has 0 unspecified atom stereocenters. The predicted molar refractivity (Wildman–Crippen MR) is 89.7 cm³/mol. The lowest BCUT2D eigenvalue weighted by atomic mass is 10.1. The van der Waals surface area contributed by atoms with Crippen LogP contribution in [0.1, 0.15) is 11.5 Å². The first-order valence-electron chi connectivity index (χ1n) is 6.87. The van der Waals surface area contributed by atoms with Gasteiger partial charge in [0.2, 0.25) is 5.89 Å². The monoisotopic (exact) mass is 306 g/mol. The molecule has 0 radical (unpaired) electrons. The Kier molecular flexibility index (Phi) is 3.13. The number of pyridine rings is 1. The fourth-order valence-electron chi connectivity index (χ4n) is 2.41. The molecule has 2 aromatic carbocycles. The van der Waals surface area contributed by atoms with Gasteiger partial charge in [-0.05, 0) is 30.3 Å². The van der Waals surface area contributed by atoms with Gasteiger partial charge in [0.1, 0.15) is 5.52 Å². The van der Waals surface area contributed by atoms with Crippen molar-refractivity contribution in [1.82, 2.24) is 9.97 Å². The molecule has 3 nitrogen and oxygen atoms in total. The highest BCUT2D eigenvalue weighted by molar-refractivity contribution is 6.31. The van der Waals surface area contributed by atoms with Crippen LogP contribution in [0.15, 0.2) is 59.1 Å². The highest BCUT2D eigenvalue weighted by Crippen LogP contribution is 2.22. The molecule has 0 saturated heterocycles. The highest BCUT2D eigenvalue weighted by atomic mass is 35.5. The first-order chi connectivity index (χ1) is 10.8. The van der Waals surface area contributed by atoms with Crippen LogP contribution in [0.4, 0.5) is 0 Å². The molecule has 0 aliphatic rings. The van der Waals surface area contributed by atoms with Crippen LogP contribution in [0, 0.1) is 0 Å². The first kappa shape index (κ1) is 13.0. The molecule has 0 bridgehead atoms. The second-order valence-electron chi connectivity index (χ2n) is 4.92. The second-order valence-corrected chi connectivity index (χ2v) is 5.36. The van der Waals surface area contributed by atoms with Crippen LogP contribution < -0.4 is 0 Å². The number of halogens is 1. The number of para-hydroxylation sites is 1. The van der Waals surface area contributed by atoms with E-state index < -0.39 is 0 Å². The van der Waals surface area contributed by atoms with Gasteiger partial charge in [0.15, 0.2) is 5.58 Å². The average molecular weight is 307 g/mol. The topological polar surface area (TPSA) is 38.9 Å². The van der Waals surface area contributed by atoms with Crippen LogP contribution in [0.5, 0.6) is 0 Å². The summed E-state index contributed by atoms with van der Waals surface area (Å²) in [4.78, 5) is 8.84. The van der Waals surface area contributed by atoms with Crippen LogP contribution in [0.25, 0.3) is 34.2 Å². The Morgan fingerprint density at radius 3 is 2.86 bits per heavy atom. The Balaban J connectivity index is 1.75. The largest absolute Gasteiger partial charge is 0.437 e. The molecule has 0 atom stereocenters. The third kappa shape index (κ3) is 2.36. The van der Waals surface area contributed by atoms with Gasteiger partial charge >= 0.3 is 0 Å². The molecule has 0 amide bonds. The summed E-state index contributed by atoms with van der Waals surface area (Å²) in [6.07, 6.45) is 5.60. The first-order valence-corrected chi connectivity index (χ1v) is 7.25. The summed E-state index contributed by atoms with van der Waals surface area (Å²) in [5.74, 6) is 0.546. The van der Waals surface area contributed by atoms with Gasteiger partial charge in [0, 0.05) is 28.2 Å². The Hall–Kier alpha value is -2.65. The molecule has 4 aromatic rings. The number of fused-ring (bicyclic) bond motifs is 2. The summed E-state index contributed by atoms with van der Waals surface area (Å²) < 4.78 is 5.68. The summed E-state index contributed by atoms with van der Waals surface area (Å²) in [6, 6.07) is 15.4. The van der Waals surface area contributed by atoms with Crippen LogP contribution in [0.2, 0.25) is 5.02 Å². The van der Waals surface area contributed by atoms with E-state index in [4.69, 9.17) is 16.0 Å². The molecule has 4 rings (SSSR count). The molecule has 22 heavy (non-hydrogen) atoms. The summed E-state index contributed by atoms with van der Waals surface area (Å²) in [7, 11) is 0. The fraction of sp³-hybridized carbons (Fsp3) is 0. The molecule has 0 saturated carbocycles. The molecule has 0 spiro atoms. The van der Waals surface area contributed by atoms with Crippen LogP contribution in [-0.2, 0) is 0 Å². The SMILES string of the molecule is Clc1ccc2oc(/C=C/c3cccc4cccnc34)nc2c1. The van der Waals surface area contributed by atoms with Gasteiger partial charge in [-0.3, -0.25) is 4.98 Å². The van der Waals surface area contributed by atoms with Crippen LogP contribution in [0.3, 0.4) is 0 Å². The van der Waals surface area contributed by atoms with Gasteiger partial charge in [-0.1, -0.05) is 35.9 Å². The van der Waals surface area contributed by atoms with E-state index in [1.54, 1.807) is 18.3 Å². The predicted octanol–water partition coefficient (Wildman–Crippen LogP) is 5.20. The Bertz CT molecular complexity index is 999. The smallest absolute Gasteiger partial charge is 0.220 e. The van der Waals surface area contributed by atoms with E-state index in [1.807, 2.05) is 48.6 Å². The van der Waals surface area contributed by atoms with Gasteiger partial charge in [-0.25, -0.2) is 4.98 Å². The molecule has 0 N–H and O–H groups in total. The zero-order chi connectivity index (χ0) is 14.9. The fourth-order valence-corrected chi connectivity index (χ4v) is 2.58. The Labute approximate surface area is 131 Å². The lowest BCUT2D eigenvalue weighted by molar-refractivity contribution is 0.590. The number of hydrogen-bond acceptors (Lipinski definition) is 3. The number of aromatic nitrogens is 2. The number of benzene rings is 2. The van der Waals surface area contributed by atoms with E-state index in [1.165, 1.54) is 0 Å². The van der Waals surface area contributed by atoms with Gasteiger partial charge < -0.3 is 4.42 Å². The summed E-state index contributed by atoms with van der Waals surface area (Å²) in [5.41, 5.74) is 3.46. The number of rotatable bonds is 2. The van der Waals surface area contributed by atoms with Crippen molar-refractivity contribution in [3.63, 3.8) is 0 Å². The Morgan fingerprint density at radius 2 is 1.91 bits per heavy atom. The van der Waals surface area contributed by atoms with E-state index >= 15 is 0 Å². The van der Waals surface area contributed by atoms with Crippen molar-refractivity contribution in [2.75, 3.05) is 0 Å². The van der Waals surface area contributed by atoms with Gasteiger partial charge in [-0.2, -0.15) is 0 Å². The lowest BCUT2D eigenvalue weighted by Crippen LogP contribution is -1.81. The van der Waals surface area contributed by atoms with Crippen molar-refractivity contribution in [1.29, 1.82) is 0 Å². The molecule has 0 fully saturated rings. The number of nitrogens with zero attached hydrogens (tertiary/aromatic N) is 2. The average Bonchev–Trinajstić information content (AvgIpc) is 2.95.